The van der Waals surface area contributed by atoms with Gasteiger partial charge in [-0.3, -0.25) is 9.36 Å². The molecule has 0 aliphatic rings. The molecular formula is C17H13BrN2O. The highest BCUT2D eigenvalue weighted by Gasteiger charge is 2.04. The van der Waals surface area contributed by atoms with Crippen LogP contribution in [0.3, 0.4) is 0 Å². The first-order valence-corrected chi connectivity index (χ1v) is 7.34. The van der Waals surface area contributed by atoms with Gasteiger partial charge in [0.15, 0.2) is 0 Å². The topological polar surface area (TPSA) is 34.9 Å². The summed E-state index contributed by atoms with van der Waals surface area (Å²) in [7, 11) is 1.74. The van der Waals surface area contributed by atoms with Gasteiger partial charge in [0.1, 0.15) is 5.82 Å². The minimum absolute atomic E-state index is 0.0329. The number of para-hydroxylation sites is 1. The molecule has 3 nitrogen and oxygen atoms in total. The minimum atomic E-state index is -0.0329. The Morgan fingerprint density at radius 1 is 1.10 bits per heavy atom. The average molecular weight is 341 g/mol. The van der Waals surface area contributed by atoms with Crippen LogP contribution in [0.25, 0.3) is 23.1 Å². The Kier molecular flexibility index (Phi) is 3.71. The largest absolute Gasteiger partial charge is 0.296 e. The lowest BCUT2D eigenvalue weighted by atomic mass is 10.2. The Morgan fingerprint density at radius 2 is 1.90 bits per heavy atom. The van der Waals surface area contributed by atoms with Crippen LogP contribution in [0.1, 0.15) is 11.4 Å². The molecule has 0 spiro atoms. The van der Waals surface area contributed by atoms with Crippen molar-refractivity contribution in [3.8, 4) is 0 Å². The van der Waals surface area contributed by atoms with Crippen LogP contribution in [0.4, 0.5) is 0 Å². The summed E-state index contributed by atoms with van der Waals surface area (Å²) < 4.78 is 2.58. The molecule has 0 saturated carbocycles. The Hall–Kier alpha value is -2.20. The van der Waals surface area contributed by atoms with Crippen molar-refractivity contribution in [3.63, 3.8) is 0 Å². The van der Waals surface area contributed by atoms with Crippen molar-refractivity contribution in [2.45, 2.75) is 0 Å². The zero-order valence-corrected chi connectivity index (χ0v) is 13.0. The summed E-state index contributed by atoms with van der Waals surface area (Å²) in [4.78, 5) is 16.8. The van der Waals surface area contributed by atoms with E-state index in [2.05, 4.69) is 20.9 Å². The molecule has 2 aromatic carbocycles. The van der Waals surface area contributed by atoms with Gasteiger partial charge in [-0.25, -0.2) is 4.98 Å². The standard InChI is InChI=1S/C17H13BrN2O/c1-20-16(10-9-12-5-4-6-13(18)11-12)19-15-8-3-2-7-14(15)17(20)21/h2-11H,1H3. The van der Waals surface area contributed by atoms with E-state index in [1.165, 1.54) is 0 Å². The molecular weight excluding hydrogens is 328 g/mol. The van der Waals surface area contributed by atoms with Gasteiger partial charge in [-0.05, 0) is 35.9 Å². The van der Waals surface area contributed by atoms with E-state index < -0.39 is 0 Å². The van der Waals surface area contributed by atoms with Gasteiger partial charge in [-0.1, -0.05) is 46.3 Å². The zero-order chi connectivity index (χ0) is 14.8. The fraction of sp³-hybridized carbons (Fsp3) is 0.0588. The van der Waals surface area contributed by atoms with Gasteiger partial charge < -0.3 is 0 Å². The predicted molar refractivity (Wildman–Crippen MR) is 90.1 cm³/mol. The quantitative estimate of drug-likeness (QED) is 0.709. The number of halogens is 1. The summed E-state index contributed by atoms with van der Waals surface area (Å²) in [5.74, 6) is 0.638. The number of nitrogens with zero attached hydrogens (tertiary/aromatic N) is 2. The van der Waals surface area contributed by atoms with Crippen LogP contribution in [0, 0.1) is 0 Å². The molecule has 0 fully saturated rings. The molecule has 0 bridgehead atoms. The monoisotopic (exact) mass is 340 g/mol. The molecule has 3 rings (SSSR count). The van der Waals surface area contributed by atoms with Crippen LogP contribution < -0.4 is 5.56 Å². The van der Waals surface area contributed by atoms with Gasteiger partial charge >= 0.3 is 0 Å². The summed E-state index contributed by atoms with van der Waals surface area (Å²) in [5.41, 5.74) is 1.73. The van der Waals surface area contributed by atoms with Gasteiger partial charge in [-0.15, -0.1) is 0 Å². The normalized spacial score (nSPS) is 11.3. The molecule has 1 aromatic heterocycles. The maximum absolute atomic E-state index is 12.3. The number of hydrogen-bond acceptors (Lipinski definition) is 2. The van der Waals surface area contributed by atoms with Crippen LogP contribution in [0.15, 0.2) is 57.8 Å². The predicted octanol–water partition coefficient (Wildman–Crippen LogP) is 3.87. The van der Waals surface area contributed by atoms with Crippen molar-refractivity contribution in [3.05, 3.63) is 74.7 Å². The molecule has 21 heavy (non-hydrogen) atoms. The number of fused-ring (bicyclic) bond motifs is 1. The first kappa shape index (κ1) is 13.8. The number of rotatable bonds is 2. The maximum Gasteiger partial charge on any atom is 0.261 e. The van der Waals surface area contributed by atoms with E-state index in [1.54, 1.807) is 17.7 Å². The first-order chi connectivity index (χ1) is 10.1. The van der Waals surface area contributed by atoms with Gasteiger partial charge in [0.2, 0.25) is 0 Å². The minimum Gasteiger partial charge on any atom is -0.296 e. The van der Waals surface area contributed by atoms with Gasteiger partial charge in [0.05, 0.1) is 10.9 Å². The number of hydrogen-bond donors (Lipinski definition) is 0. The third kappa shape index (κ3) is 2.81. The van der Waals surface area contributed by atoms with Crippen molar-refractivity contribution >= 4 is 39.0 Å². The smallest absolute Gasteiger partial charge is 0.261 e. The molecule has 104 valence electrons. The molecule has 4 heteroatoms. The Bertz CT molecular complexity index is 897. The molecule has 3 aromatic rings. The second-order valence-corrected chi connectivity index (χ2v) is 5.66. The molecule has 0 aliphatic heterocycles. The highest BCUT2D eigenvalue weighted by molar-refractivity contribution is 9.10. The Balaban J connectivity index is 2.09. The van der Waals surface area contributed by atoms with E-state index in [-0.39, 0.29) is 5.56 Å². The molecule has 0 amide bonds. The summed E-state index contributed by atoms with van der Waals surface area (Å²) >= 11 is 3.44. The SMILES string of the molecule is Cn1c(C=Cc2cccc(Br)c2)nc2ccccc2c1=O. The van der Waals surface area contributed by atoms with Crippen LogP contribution in [0.2, 0.25) is 0 Å². The molecule has 0 saturated heterocycles. The molecule has 0 N–H and O–H groups in total. The lowest BCUT2D eigenvalue weighted by Crippen LogP contribution is -2.20. The third-order valence-corrected chi connectivity index (χ3v) is 3.78. The second kappa shape index (κ2) is 5.66. The van der Waals surface area contributed by atoms with Crippen molar-refractivity contribution in [2.24, 2.45) is 7.05 Å². The summed E-state index contributed by atoms with van der Waals surface area (Å²) in [6.07, 6.45) is 3.80. The fourth-order valence-corrected chi connectivity index (χ4v) is 2.58. The average Bonchev–Trinajstić information content (AvgIpc) is 2.50. The lowest BCUT2D eigenvalue weighted by molar-refractivity contribution is 0.828. The van der Waals surface area contributed by atoms with E-state index in [1.807, 2.05) is 54.6 Å². The Labute approximate surface area is 130 Å². The second-order valence-electron chi connectivity index (χ2n) is 4.74. The van der Waals surface area contributed by atoms with E-state index >= 15 is 0 Å². The van der Waals surface area contributed by atoms with Crippen molar-refractivity contribution < 1.29 is 0 Å². The van der Waals surface area contributed by atoms with Crippen molar-refractivity contribution in [1.82, 2.24) is 9.55 Å². The van der Waals surface area contributed by atoms with E-state index in [0.29, 0.717) is 11.2 Å². The van der Waals surface area contributed by atoms with Crippen LogP contribution in [-0.4, -0.2) is 9.55 Å². The summed E-state index contributed by atoms with van der Waals surface area (Å²) in [5, 5.41) is 0.639. The van der Waals surface area contributed by atoms with E-state index in [4.69, 9.17) is 0 Å². The third-order valence-electron chi connectivity index (χ3n) is 3.29. The van der Waals surface area contributed by atoms with Crippen molar-refractivity contribution in [1.29, 1.82) is 0 Å². The summed E-state index contributed by atoms with van der Waals surface area (Å²) in [6.45, 7) is 0. The summed E-state index contributed by atoms with van der Waals surface area (Å²) in [6, 6.07) is 15.3. The molecule has 0 unspecified atom stereocenters. The maximum atomic E-state index is 12.3. The van der Waals surface area contributed by atoms with Crippen LogP contribution in [-0.2, 0) is 7.05 Å². The molecule has 0 radical (unpaired) electrons. The number of aromatic nitrogens is 2. The molecule has 0 aliphatic carbocycles. The first-order valence-electron chi connectivity index (χ1n) is 6.54. The number of benzene rings is 2. The lowest BCUT2D eigenvalue weighted by Gasteiger charge is -2.05. The Morgan fingerprint density at radius 3 is 2.71 bits per heavy atom. The molecule has 0 atom stereocenters. The van der Waals surface area contributed by atoms with Crippen LogP contribution in [0.5, 0.6) is 0 Å². The molecule has 1 heterocycles. The van der Waals surface area contributed by atoms with Gasteiger partial charge in [-0.2, -0.15) is 0 Å². The van der Waals surface area contributed by atoms with E-state index in [0.717, 1.165) is 15.6 Å². The van der Waals surface area contributed by atoms with Crippen molar-refractivity contribution in [2.75, 3.05) is 0 Å². The highest BCUT2D eigenvalue weighted by atomic mass is 79.9. The van der Waals surface area contributed by atoms with Gasteiger partial charge in [0.25, 0.3) is 5.56 Å². The van der Waals surface area contributed by atoms with E-state index in [9.17, 15) is 4.79 Å². The van der Waals surface area contributed by atoms with Crippen LogP contribution >= 0.6 is 15.9 Å². The zero-order valence-electron chi connectivity index (χ0n) is 11.5. The fourth-order valence-electron chi connectivity index (χ4n) is 2.17. The highest BCUT2D eigenvalue weighted by Crippen LogP contribution is 2.14. The van der Waals surface area contributed by atoms with Gasteiger partial charge in [0, 0.05) is 11.5 Å².